The minimum absolute atomic E-state index is 0.169. The third-order valence-corrected chi connectivity index (χ3v) is 4.66. The van der Waals surface area contributed by atoms with E-state index >= 15 is 0 Å². The Labute approximate surface area is 145 Å². The molecular formula is C17H13BrN2O4. The van der Waals surface area contributed by atoms with Crippen LogP contribution in [0.25, 0.3) is 10.9 Å². The molecule has 24 heavy (non-hydrogen) atoms. The fraction of sp³-hybridized carbons (Fsp3) is 0.118. The van der Waals surface area contributed by atoms with Crippen molar-refractivity contribution in [3.05, 3.63) is 73.9 Å². The second kappa shape index (κ2) is 6.18. The van der Waals surface area contributed by atoms with Crippen molar-refractivity contribution >= 4 is 38.4 Å². The highest BCUT2D eigenvalue weighted by Gasteiger charge is 2.21. The number of fused-ring (bicyclic) bond motifs is 1. The molecule has 0 atom stereocenters. The minimum Gasteiger partial charge on any atom is -0.392 e. The summed E-state index contributed by atoms with van der Waals surface area (Å²) in [5.41, 5.74) is 1.99. The fourth-order valence-electron chi connectivity index (χ4n) is 2.81. The van der Waals surface area contributed by atoms with Crippen LogP contribution >= 0.6 is 15.9 Å². The Kier molecular flexibility index (Phi) is 4.21. The number of aromatic nitrogens is 1. The molecule has 7 heteroatoms. The average Bonchev–Trinajstić information content (AvgIpc) is 2.85. The van der Waals surface area contributed by atoms with Crippen molar-refractivity contribution in [1.29, 1.82) is 0 Å². The molecule has 0 spiro atoms. The van der Waals surface area contributed by atoms with E-state index in [0.29, 0.717) is 21.2 Å². The quantitative estimate of drug-likeness (QED) is 0.546. The van der Waals surface area contributed by atoms with E-state index in [0.717, 1.165) is 5.39 Å². The molecule has 0 unspecified atom stereocenters. The van der Waals surface area contributed by atoms with Gasteiger partial charge in [0, 0.05) is 28.3 Å². The van der Waals surface area contributed by atoms with E-state index in [4.69, 9.17) is 0 Å². The molecule has 0 saturated carbocycles. The molecule has 6 nitrogen and oxygen atoms in total. The van der Waals surface area contributed by atoms with Crippen LogP contribution in [0, 0.1) is 17.0 Å². The maximum Gasteiger partial charge on any atom is 0.284 e. The third kappa shape index (κ3) is 2.51. The van der Waals surface area contributed by atoms with E-state index < -0.39 is 4.92 Å². The average molecular weight is 389 g/mol. The Hall–Kier alpha value is -2.51. The predicted octanol–water partition coefficient (Wildman–Crippen LogP) is 3.80. The molecule has 2 aromatic carbocycles. The summed E-state index contributed by atoms with van der Waals surface area (Å²) in [5.74, 6) is -0.376. The van der Waals surface area contributed by atoms with E-state index in [9.17, 15) is 20.0 Å². The zero-order valence-corrected chi connectivity index (χ0v) is 14.3. The number of para-hydroxylation sites is 1. The molecule has 0 radical (unpaired) electrons. The van der Waals surface area contributed by atoms with Gasteiger partial charge < -0.3 is 5.11 Å². The highest BCUT2D eigenvalue weighted by atomic mass is 79.9. The minimum atomic E-state index is -0.541. The normalized spacial score (nSPS) is 11.0. The van der Waals surface area contributed by atoms with Crippen LogP contribution in [0.2, 0.25) is 0 Å². The van der Waals surface area contributed by atoms with Crippen molar-refractivity contribution in [1.82, 2.24) is 4.57 Å². The van der Waals surface area contributed by atoms with Gasteiger partial charge in [-0.1, -0.05) is 18.2 Å². The Bertz CT molecular complexity index is 978. The lowest BCUT2D eigenvalue weighted by atomic mass is 10.1. The summed E-state index contributed by atoms with van der Waals surface area (Å²) in [5, 5.41) is 21.5. The number of rotatable bonds is 3. The Morgan fingerprint density at radius 2 is 2.00 bits per heavy atom. The van der Waals surface area contributed by atoms with Crippen LogP contribution in [-0.2, 0) is 6.61 Å². The summed E-state index contributed by atoms with van der Waals surface area (Å²) in [6.45, 7) is 1.56. The molecule has 0 aliphatic carbocycles. The van der Waals surface area contributed by atoms with Crippen LogP contribution < -0.4 is 0 Å². The molecule has 1 N–H and O–H groups in total. The van der Waals surface area contributed by atoms with Gasteiger partial charge in [0.2, 0.25) is 0 Å². The fourth-order valence-corrected chi connectivity index (χ4v) is 3.20. The third-order valence-electron chi connectivity index (χ3n) is 3.99. The number of hydrogen-bond donors (Lipinski definition) is 1. The van der Waals surface area contributed by atoms with E-state index in [1.165, 1.54) is 22.8 Å². The molecule has 0 aliphatic heterocycles. The van der Waals surface area contributed by atoms with E-state index in [-0.39, 0.29) is 23.8 Å². The Morgan fingerprint density at radius 1 is 1.29 bits per heavy atom. The van der Waals surface area contributed by atoms with Gasteiger partial charge in [-0.25, -0.2) is 0 Å². The lowest BCUT2D eigenvalue weighted by molar-refractivity contribution is -0.385. The number of benzene rings is 2. The first-order valence-corrected chi connectivity index (χ1v) is 7.93. The molecular weight excluding hydrogens is 376 g/mol. The number of carbonyl (C=O) groups excluding carboxylic acids is 1. The number of aliphatic hydroxyl groups is 1. The topological polar surface area (TPSA) is 85.4 Å². The number of nitrogens with zero attached hydrogens (tertiary/aromatic N) is 2. The SMILES string of the molecule is Cc1c(CO)c2ccccc2n1C(=O)c1ccc(Br)c([N+](=O)[O-])c1. The molecule has 3 rings (SSSR count). The van der Waals surface area contributed by atoms with Crippen LogP contribution in [-0.4, -0.2) is 20.5 Å². The molecule has 0 bridgehead atoms. The molecule has 3 aromatic rings. The second-order valence-electron chi connectivity index (χ2n) is 5.30. The molecule has 0 saturated heterocycles. The summed E-state index contributed by atoms with van der Waals surface area (Å²) < 4.78 is 1.79. The van der Waals surface area contributed by atoms with E-state index in [2.05, 4.69) is 15.9 Å². The smallest absolute Gasteiger partial charge is 0.284 e. The highest BCUT2D eigenvalue weighted by molar-refractivity contribution is 9.10. The molecule has 1 aromatic heterocycles. The van der Waals surface area contributed by atoms with Gasteiger partial charge in [0.15, 0.2) is 0 Å². The monoisotopic (exact) mass is 388 g/mol. The van der Waals surface area contributed by atoms with Gasteiger partial charge in [0.05, 0.1) is 21.5 Å². The van der Waals surface area contributed by atoms with Crippen LogP contribution in [0.5, 0.6) is 0 Å². The largest absolute Gasteiger partial charge is 0.392 e. The summed E-state index contributed by atoms with van der Waals surface area (Å²) in [4.78, 5) is 23.5. The van der Waals surface area contributed by atoms with Crippen LogP contribution in [0.3, 0.4) is 0 Å². The lowest BCUT2D eigenvalue weighted by Crippen LogP contribution is -2.14. The second-order valence-corrected chi connectivity index (χ2v) is 6.16. The first-order valence-electron chi connectivity index (χ1n) is 7.14. The van der Waals surface area contributed by atoms with Crippen molar-refractivity contribution in [2.24, 2.45) is 0 Å². The van der Waals surface area contributed by atoms with Crippen molar-refractivity contribution in [3.63, 3.8) is 0 Å². The zero-order valence-electron chi connectivity index (χ0n) is 12.7. The number of nitro benzene ring substituents is 1. The highest BCUT2D eigenvalue weighted by Crippen LogP contribution is 2.29. The number of carbonyl (C=O) groups is 1. The predicted molar refractivity (Wildman–Crippen MR) is 93.1 cm³/mol. The van der Waals surface area contributed by atoms with Crippen molar-refractivity contribution in [2.75, 3.05) is 0 Å². The zero-order chi connectivity index (χ0) is 17.4. The summed E-state index contributed by atoms with van der Waals surface area (Å²) >= 11 is 3.11. The maximum absolute atomic E-state index is 12.9. The van der Waals surface area contributed by atoms with Crippen molar-refractivity contribution < 1.29 is 14.8 Å². The van der Waals surface area contributed by atoms with Gasteiger partial charge >= 0.3 is 0 Å². The van der Waals surface area contributed by atoms with Gasteiger partial charge in [-0.2, -0.15) is 0 Å². The molecule has 0 fully saturated rings. The molecule has 122 valence electrons. The number of aliphatic hydroxyl groups excluding tert-OH is 1. The van der Waals surface area contributed by atoms with Gasteiger partial charge in [-0.05, 0) is 41.1 Å². The van der Waals surface area contributed by atoms with Crippen molar-refractivity contribution in [3.8, 4) is 0 Å². The molecule has 0 amide bonds. The standard InChI is InChI=1S/C17H13BrN2O4/c1-10-13(9-21)12-4-2-3-5-15(12)19(10)17(22)11-6-7-14(18)16(8-11)20(23)24/h2-8,21H,9H2,1H3. The van der Waals surface area contributed by atoms with E-state index in [1.807, 2.05) is 12.1 Å². The van der Waals surface area contributed by atoms with Crippen LogP contribution in [0.1, 0.15) is 21.6 Å². The number of hydrogen-bond acceptors (Lipinski definition) is 4. The Balaban J connectivity index is 2.22. The maximum atomic E-state index is 12.9. The first-order chi connectivity index (χ1) is 11.5. The van der Waals surface area contributed by atoms with Crippen LogP contribution in [0.4, 0.5) is 5.69 Å². The molecule has 0 aliphatic rings. The van der Waals surface area contributed by atoms with Gasteiger partial charge in [0.25, 0.3) is 11.6 Å². The van der Waals surface area contributed by atoms with Gasteiger partial charge in [-0.3, -0.25) is 19.5 Å². The van der Waals surface area contributed by atoms with Gasteiger partial charge in [0.1, 0.15) is 0 Å². The summed E-state index contributed by atoms with van der Waals surface area (Å²) in [7, 11) is 0. The number of nitro groups is 1. The summed E-state index contributed by atoms with van der Waals surface area (Å²) in [6.07, 6.45) is 0. The molecule has 1 heterocycles. The van der Waals surface area contributed by atoms with Gasteiger partial charge in [-0.15, -0.1) is 0 Å². The van der Waals surface area contributed by atoms with Crippen LogP contribution in [0.15, 0.2) is 46.9 Å². The Morgan fingerprint density at radius 3 is 2.67 bits per heavy atom. The van der Waals surface area contributed by atoms with E-state index in [1.54, 1.807) is 19.1 Å². The van der Waals surface area contributed by atoms with Crippen molar-refractivity contribution in [2.45, 2.75) is 13.5 Å². The summed E-state index contributed by atoms with van der Waals surface area (Å²) in [6, 6.07) is 11.5. The number of halogens is 1. The first kappa shape index (κ1) is 16.4. The lowest BCUT2D eigenvalue weighted by Gasteiger charge is -2.08.